The maximum atomic E-state index is 13.1. The normalized spacial score (nSPS) is 27.2. The summed E-state index contributed by atoms with van der Waals surface area (Å²) in [7, 11) is 0. The smallest absolute Gasteiger partial charge is 0.255 e. The number of carbonyl (C=O) groups excluding carboxylic acids is 3. The predicted octanol–water partition coefficient (Wildman–Crippen LogP) is 4.59. The molecule has 4 aliphatic carbocycles. The van der Waals surface area contributed by atoms with Gasteiger partial charge in [-0.1, -0.05) is 12.1 Å². The van der Waals surface area contributed by atoms with Gasteiger partial charge in [-0.05, 0) is 105 Å². The summed E-state index contributed by atoms with van der Waals surface area (Å²) < 4.78 is 13.0. The molecule has 3 N–H and O–H groups in total. The summed E-state index contributed by atoms with van der Waals surface area (Å²) in [5.41, 5.74) is 1.59. The second-order valence-corrected chi connectivity index (χ2v) is 10.8. The molecule has 0 saturated heterocycles. The second kappa shape index (κ2) is 9.44. The highest BCUT2D eigenvalue weighted by Crippen LogP contribution is 2.60. The van der Waals surface area contributed by atoms with Gasteiger partial charge in [0, 0.05) is 16.7 Å². The highest BCUT2D eigenvalue weighted by atomic mass is 19.1. The van der Waals surface area contributed by atoms with E-state index in [1.807, 2.05) is 19.1 Å². The second-order valence-electron chi connectivity index (χ2n) is 10.8. The Hall–Kier alpha value is -3.22. The van der Waals surface area contributed by atoms with Gasteiger partial charge >= 0.3 is 0 Å². The van der Waals surface area contributed by atoms with Crippen LogP contribution < -0.4 is 16.0 Å². The molecule has 4 saturated carbocycles. The van der Waals surface area contributed by atoms with Gasteiger partial charge in [-0.25, -0.2) is 4.39 Å². The average molecular weight is 478 g/mol. The zero-order chi connectivity index (χ0) is 24.6. The molecule has 4 aliphatic rings. The van der Waals surface area contributed by atoms with Crippen molar-refractivity contribution >= 4 is 23.4 Å². The van der Waals surface area contributed by atoms with E-state index in [0.717, 1.165) is 24.8 Å². The van der Waals surface area contributed by atoms with Gasteiger partial charge in [0.15, 0.2) is 0 Å². The Kier molecular flexibility index (Phi) is 6.34. The molecule has 184 valence electrons. The SMILES string of the molecule is CC(NC(=O)CNC(=O)C12CC3CC(CC(C3)C1)C2)c1ccc(NC(=O)c2ccc(F)cc2)cc1. The molecule has 3 amide bonds. The quantitative estimate of drug-likeness (QED) is 0.545. The molecule has 4 fully saturated rings. The minimum absolute atomic E-state index is 0.0171. The topological polar surface area (TPSA) is 87.3 Å². The largest absolute Gasteiger partial charge is 0.348 e. The molecule has 6 nitrogen and oxygen atoms in total. The van der Waals surface area contributed by atoms with E-state index < -0.39 is 5.82 Å². The molecule has 1 atom stereocenters. The Morgan fingerprint density at radius 2 is 1.49 bits per heavy atom. The molecule has 0 radical (unpaired) electrons. The first-order chi connectivity index (χ1) is 16.8. The Morgan fingerprint density at radius 1 is 0.914 bits per heavy atom. The van der Waals surface area contributed by atoms with Crippen molar-refractivity contribution < 1.29 is 18.8 Å². The van der Waals surface area contributed by atoms with Crippen LogP contribution in [0.4, 0.5) is 10.1 Å². The molecular weight excluding hydrogens is 445 g/mol. The Bertz CT molecular complexity index is 1080. The molecule has 7 heteroatoms. The van der Waals surface area contributed by atoms with Crippen molar-refractivity contribution in [2.24, 2.45) is 23.2 Å². The number of amides is 3. The molecule has 2 aromatic rings. The first-order valence-corrected chi connectivity index (χ1v) is 12.5. The number of rotatable bonds is 7. The van der Waals surface area contributed by atoms with Crippen molar-refractivity contribution in [2.45, 2.75) is 51.5 Å². The molecule has 0 aliphatic heterocycles. The van der Waals surface area contributed by atoms with E-state index in [2.05, 4.69) is 16.0 Å². The van der Waals surface area contributed by atoms with Gasteiger partial charge in [-0.3, -0.25) is 14.4 Å². The highest BCUT2D eigenvalue weighted by molar-refractivity contribution is 6.04. The van der Waals surface area contributed by atoms with E-state index in [-0.39, 0.29) is 35.7 Å². The maximum Gasteiger partial charge on any atom is 0.255 e. The third-order valence-corrected chi connectivity index (χ3v) is 8.08. The minimum atomic E-state index is -0.394. The van der Waals surface area contributed by atoms with Gasteiger partial charge in [0.2, 0.25) is 11.8 Å². The Labute approximate surface area is 205 Å². The lowest BCUT2D eigenvalue weighted by Gasteiger charge is -2.55. The molecule has 0 spiro atoms. The third-order valence-electron chi connectivity index (χ3n) is 8.08. The van der Waals surface area contributed by atoms with Crippen LogP contribution in [0, 0.1) is 29.0 Å². The fraction of sp³-hybridized carbons (Fsp3) is 0.464. The third kappa shape index (κ3) is 5.09. The van der Waals surface area contributed by atoms with Crippen LogP contribution in [-0.4, -0.2) is 24.3 Å². The number of nitrogens with one attached hydrogen (secondary N) is 3. The van der Waals surface area contributed by atoms with E-state index in [1.165, 1.54) is 43.5 Å². The number of halogens is 1. The summed E-state index contributed by atoms with van der Waals surface area (Å²) in [6, 6.07) is 12.3. The Balaban J connectivity index is 1.10. The van der Waals surface area contributed by atoms with Gasteiger partial charge < -0.3 is 16.0 Å². The zero-order valence-corrected chi connectivity index (χ0v) is 20.0. The molecule has 0 heterocycles. The van der Waals surface area contributed by atoms with Crippen LogP contribution in [0.3, 0.4) is 0 Å². The summed E-state index contributed by atoms with van der Waals surface area (Å²) >= 11 is 0. The van der Waals surface area contributed by atoms with Crippen LogP contribution in [0.2, 0.25) is 0 Å². The predicted molar refractivity (Wildman–Crippen MR) is 131 cm³/mol. The van der Waals surface area contributed by atoms with Gasteiger partial charge in [0.1, 0.15) is 5.82 Å². The van der Waals surface area contributed by atoms with E-state index in [0.29, 0.717) is 29.0 Å². The summed E-state index contributed by atoms with van der Waals surface area (Å²) in [5.74, 6) is 1.17. The van der Waals surface area contributed by atoms with Crippen LogP contribution in [-0.2, 0) is 9.59 Å². The number of hydrogen-bond donors (Lipinski definition) is 3. The summed E-state index contributed by atoms with van der Waals surface area (Å²) in [4.78, 5) is 37.9. The van der Waals surface area contributed by atoms with Crippen molar-refractivity contribution in [3.8, 4) is 0 Å². The van der Waals surface area contributed by atoms with Crippen molar-refractivity contribution in [2.75, 3.05) is 11.9 Å². The number of hydrogen-bond acceptors (Lipinski definition) is 3. The number of carbonyl (C=O) groups is 3. The van der Waals surface area contributed by atoms with E-state index in [4.69, 9.17) is 0 Å². The maximum absolute atomic E-state index is 13.1. The summed E-state index contributed by atoms with van der Waals surface area (Å²) in [6.07, 6.45) is 6.77. The number of anilines is 1. The summed E-state index contributed by atoms with van der Waals surface area (Å²) in [6.45, 7) is 1.86. The van der Waals surface area contributed by atoms with Crippen molar-refractivity contribution in [1.29, 1.82) is 0 Å². The monoisotopic (exact) mass is 477 g/mol. The molecule has 1 unspecified atom stereocenters. The van der Waals surface area contributed by atoms with Gasteiger partial charge in [-0.15, -0.1) is 0 Å². The average Bonchev–Trinajstić information content (AvgIpc) is 2.82. The highest BCUT2D eigenvalue weighted by Gasteiger charge is 2.54. The molecule has 35 heavy (non-hydrogen) atoms. The van der Waals surface area contributed by atoms with Crippen LogP contribution in [0.1, 0.15) is 67.4 Å². The molecule has 0 aromatic heterocycles. The van der Waals surface area contributed by atoms with Crippen molar-refractivity contribution in [3.05, 3.63) is 65.5 Å². The van der Waals surface area contributed by atoms with E-state index in [9.17, 15) is 18.8 Å². The van der Waals surface area contributed by atoms with Crippen LogP contribution in [0.5, 0.6) is 0 Å². The van der Waals surface area contributed by atoms with Gasteiger partial charge in [0.05, 0.1) is 12.6 Å². The lowest BCUT2D eigenvalue weighted by molar-refractivity contribution is -0.147. The van der Waals surface area contributed by atoms with Crippen LogP contribution in [0.25, 0.3) is 0 Å². The fourth-order valence-corrected chi connectivity index (χ4v) is 6.77. The van der Waals surface area contributed by atoms with Gasteiger partial charge in [-0.2, -0.15) is 0 Å². The van der Waals surface area contributed by atoms with Crippen LogP contribution >= 0.6 is 0 Å². The van der Waals surface area contributed by atoms with E-state index >= 15 is 0 Å². The lowest BCUT2D eigenvalue weighted by atomic mass is 9.49. The summed E-state index contributed by atoms with van der Waals surface area (Å²) in [5, 5.41) is 8.64. The minimum Gasteiger partial charge on any atom is -0.348 e. The molecular formula is C28H32FN3O3. The van der Waals surface area contributed by atoms with Crippen molar-refractivity contribution in [3.63, 3.8) is 0 Å². The lowest BCUT2D eigenvalue weighted by Crippen LogP contribution is -2.54. The molecule has 4 bridgehead atoms. The number of benzene rings is 2. The molecule has 6 rings (SSSR count). The van der Waals surface area contributed by atoms with E-state index in [1.54, 1.807) is 12.1 Å². The first kappa shape index (κ1) is 23.5. The molecule has 2 aromatic carbocycles. The Morgan fingerprint density at radius 3 is 2.06 bits per heavy atom. The fourth-order valence-electron chi connectivity index (χ4n) is 6.77. The van der Waals surface area contributed by atoms with Crippen molar-refractivity contribution in [1.82, 2.24) is 10.6 Å². The van der Waals surface area contributed by atoms with Crippen LogP contribution in [0.15, 0.2) is 48.5 Å². The standard InChI is InChI=1S/C28H32FN3O3/c1-17(21-4-8-24(9-5-21)32-26(34)22-2-6-23(29)7-3-22)31-25(33)16-30-27(35)28-13-18-10-19(14-28)12-20(11-18)15-28/h2-9,17-20H,10-16H2,1H3,(H,30,35)(H,31,33)(H,32,34). The first-order valence-electron chi connectivity index (χ1n) is 12.5. The zero-order valence-electron chi connectivity index (χ0n) is 20.0. The van der Waals surface area contributed by atoms with Gasteiger partial charge in [0.25, 0.3) is 5.91 Å².